The second kappa shape index (κ2) is 8.28. The number of hydrogen-bond donors (Lipinski definition) is 0. The molecule has 0 fully saturated rings. The zero-order chi connectivity index (χ0) is 23.1. The van der Waals surface area contributed by atoms with Gasteiger partial charge in [-0.15, -0.1) is 0 Å². The minimum atomic E-state index is 1.06. The molecule has 0 saturated carbocycles. The van der Waals surface area contributed by atoms with Crippen LogP contribution in [0.15, 0.2) is 115 Å². The summed E-state index contributed by atoms with van der Waals surface area (Å²) in [4.78, 5) is 4.87. The molecule has 0 atom stereocenters. The first-order valence-corrected chi connectivity index (χ1v) is 11.7. The van der Waals surface area contributed by atoms with Crippen LogP contribution in [0.25, 0.3) is 55.1 Å². The number of benzene rings is 5. The second-order valence-electron chi connectivity index (χ2n) is 8.96. The van der Waals surface area contributed by atoms with E-state index in [0.29, 0.717) is 0 Å². The molecule has 162 valence electrons. The second-order valence-corrected chi connectivity index (χ2v) is 8.96. The van der Waals surface area contributed by atoms with Crippen LogP contribution in [0.4, 0.5) is 0 Å². The van der Waals surface area contributed by atoms with E-state index in [1.165, 1.54) is 55.1 Å². The monoisotopic (exact) mass is 435 g/mol. The molecule has 6 aromatic rings. The Morgan fingerprint density at radius 3 is 2.12 bits per heavy atom. The maximum absolute atomic E-state index is 4.87. The van der Waals surface area contributed by atoms with Crippen molar-refractivity contribution in [2.24, 2.45) is 0 Å². The molecule has 6 rings (SSSR count). The topological polar surface area (TPSA) is 12.9 Å². The lowest BCUT2D eigenvalue weighted by Crippen LogP contribution is -1.91. The van der Waals surface area contributed by atoms with Gasteiger partial charge in [-0.05, 0) is 70.3 Å². The minimum Gasteiger partial charge on any atom is -0.255 e. The first-order chi connectivity index (χ1) is 16.7. The number of pyridine rings is 1. The molecule has 1 heterocycles. The van der Waals surface area contributed by atoms with Gasteiger partial charge in [0, 0.05) is 22.5 Å². The largest absolute Gasteiger partial charge is 0.255 e. The van der Waals surface area contributed by atoms with E-state index in [4.69, 9.17) is 4.98 Å². The van der Waals surface area contributed by atoms with E-state index in [1.54, 1.807) is 0 Å². The Bertz CT molecular complexity index is 1680. The van der Waals surface area contributed by atoms with E-state index in [0.717, 1.165) is 11.1 Å². The summed E-state index contributed by atoms with van der Waals surface area (Å²) in [6.07, 6.45) is 2.00. The minimum absolute atomic E-state index is 1.06. The van der Waals surface area contributed by atoms with Gasteiger partial charge in [-0.2, -0.15) is 0 Å². The molecule has 0 N–H and O–H groups in total. The van der Waals surface area contributed by atoms with Crippen molar-refractivity contribution < 1.29 is 0 Å². The van der Waals surface area contributed by atoms with Crippen LogP contribution in [0, 0.1) is 13.8 Å². The number of nitrogens with zero attached hydrogens (tertiary/aromatic N) is 1. The van der Waals surface area contributed by atoms with Crippen LogP contribution < -0.4 is 0 Å². The molecule has 0 amide bonds. The van der Waals surface area contributed by atoms with E-state index < -0.39 is 0 Å². The predicted octanol–water partition coefficient (Wildman–Crippen LogP) is 9.01. The third-order valence-electron chi connectivity index (χ3n) is 6.85. The van der Waals surface area contributed by atoms with Crippen LogP contribution in [0.3, 0.4) is 0 Å². The lowest BCUT2D eigenvalue weighted by atomic mass is 9.90. The molecule has 1 aromatic heterocycles. The van der Waals surface area contributed by atoms with Crippen molar-refractivity contribution in [3.63, 3.8) is 0 Å². The third kappa shape index (κ3) is 3.47. The SMILES string of the molecule is Cc1ccccc1-c1cccc(-c2cccc(-c3cnc4c(ccc5ccccc54)c3)c2)c1C. The van der Waals surface area contributed by atoms with Crippen molar-refractivity contribution in [1.29, 1.82) is 0 Å². The lowest BCUT2D eigenvalue weighted by molar-refractivity contribution is 1.40. The zero-order valence-corrected chi connectivity index (χ0v) is 19.4. The van der Waals surface area contributed by atoms with Gasteiger partial charge in [0.25, 0.3) is 0 Å². The van der Waals surface area contributed by atoms with Crippen molar-refractivity contribution in [3.8, 4) is 33.4 Å². The first-order valence-electron chi connectivity index (χ1n) is 11.7. The molecule has 0 aliphatic carbocycles. The van der Waals surface area contributed by atoms with Crippen LogP contribution in [0.2, 0.25) is 0 Å². The van der Waals surface area contributed by atoms with Crippen LogP contribution >= 0.6 is 0 Å². The van der Waals surface area contributed by atoms with E-state index >= 15 is 0 Å². The average Bonchev–Trinajstić information content (AvgIpc) is 2.89. The van der Waals surface area contributed by atoms with Gasteiger partial charge in [-0.25, -0.2) is 0 Å². The fourth-order valence-corrected chi connectivity index (χ4v) is 5.01. The Morgan fingerprint density at radius 1 is 0.500 bits per heavy atom. The van der Waals surface area contributed by atoms with Crippen LogP contribution in [0.5, 0.6) is 0 Å². The van der Waals surface area contributed by atoms with Gasteiger partial charge in [-0.1, -0.05) is 97.1 Å². The first kappa shape index (κ1) is 20.4. The smallest absolute Gasteiger partial charge is 0.0780 e. The van der Waals surface area contributed by atoms with E-state index in [-0.39, 0.29) is 0 Å². The summed E-state index contributed by atoms with van der Waals surface area (Å²) >= 11 is 0. The van der Waals surface area contributed by atoms with Crippen molar-refractivity contribution >= 4 is 21.7 Å². The van der Waals surface area contributed by atoms with Crippen LogP contribution in [-0.4, -0.2) is 4.98 Å². The highest BCUT2D eigenvalue weighted by Gasteiger charge is 2.11. The van der Waals surface area contributed by atoms with E-state index in [2.05, 4.69) is 123 Å². The molecule has 5 aromatic carbocycles. The van der Waals surface area contributed by atoms with Gasteiger partial charge in [0.05, 0.1) is 5.52 Å². The Labute approximate surface area is 200 Å². The van der Waals surface area contributed by atoms with Gasteiger partial charge < -0.3 is 0 Å². The molecule has 0 saturated heterocycles. The maximum atomic E-state index is 4.87. The maximum Gasteiger partial charge on any atom is 0.0780 e. The predicted molar refractivity (Wildman–Crippen MR) is 145 cm³/mol. The van der Waals surface area contributed by atoms with Crippen molar-refractivity contribution in [2.45, 2.75) is 13.8 Å². The Hall–Kier alpha value is -4.23. The molecule has 0 unspecified atom stereocenters. The quantitative estimate of drug-likeness (QED) is 0.253. The lowest BCUT2D eigenvalue weighted by Gasteiger charge is -2.15. The highest BCUT2D eigenvalue weighted by atomic mass is 14.7. The van der Waals surface area contributed by atoms with Crippen LogP contribution in [-0.2, 0) is 0 Å². The van der Waals surface area contributed by atoms with Gasteiger partial charge >= 0.3 is 0 Å². The highest BCUT2D eigenvalue weighted by Crippen LogP contribution is 2.35. The number of rotatable bonds is 3. The number of aromatic nitrogens is 1. The molecule has 0 radical (unpaired) electrons. The molecule has 0 spiro atoms. The number of fused-ring (bicyclic) bond motifs is 3. The fraction of sp³-hybridized carbons (Fsp3) is 0.0606. The zero-order valence-electron chi connectivity index (χ0n) is 19.4. The molecule has 1 nitrogen and oxygen atoms in total. The van der Waals surface area contributed by atoms with Crippen molar-refractivity contribution in [1.82, 2.24) is 4.98 Å². The summed E-state index contributed by atoms with van der Waals surface area (Å²) in [7, 11) is 0. The summed E-state index contributed by atoms with van der Waals surface area (Å²) in [6, 6.07) is 39.1. The molecule has 0 aliphatic heterocycles. The van der Waals surface area contributed by atoms with Gasteiger partial charge in [0.15, 0.2) is 0 Å². The Balaban J connectivity index is 1.44. The van der Waals surface area contributed by atoms with Crippen molar-refractivity contribution in [2.75, 3.05) is 0 Å². The third-order valence-corrected chi connectivity index (χ3v) is 6.85. The summed E-state index contributed by atoms with van der Waals surface area (Å²) in [5.74, 6) is 0. The average molecular weight is 436 g/mol. The molecule has 0 aliphatic rings. The highest BCUT2D eigenvalue weighted by molar-refractivity contribution is 6.05. The van der Waals surface area contributed by atoms with Crippen molar-refractivity contribution in [3.05, 3.63) is 127 Å². The standard InChI is InChI=1S/C33H25N/c1-22-9-3-5-13-29(22)31-16-8-15-30(23(31)2)26-12-7-11-25(19-26)28-20-27-18-17-24-10-4-6-14-32(24)33(27)34-21-28/h3-21H,1-2H3. The molecular formula is C33H25N. The summed E-state index contributed by atoms with van der Waals surface area (Å²) in [6.45, 7) is 4.41. The Morgan fingerprint density at radius 2 is 1.21 bits per heavy atom. The van der Waals surface area contributed by atoms with Gasteiger partial charge in [-0.3, -0.25) is 4.98 Å². The molecule has 0 bridgehead atoms. The summed E-state index contributed by atoms with van der Waals surface area (Å²) < 4.78 is 0. The number of hydrogen-bond acceptors (Lipinski definition) is 1. The molecular weight excluding hydrogens is 410 g/mol. The van der Waals surface area contributed by atoms with E-state index in [9.17, 15) is 0 Å². The van der Waals surface area contributed by atoms with Gasteiger partial charge in [0.1, 0.15) is 0 Å². The van der Waals surface area contributed by atoms with Gasteiger partial charge in [0.2, 0.25) is 0 Å². The van der Waals surface area contributed by atoms with Crippen LogP contribution in [0.1, 0.15) is 11.1 Å². The summed E-state index contributed by atoms with van der Waals surface area (Å²) in [5, 5.41) is 3.59. The Kier molecular flexibility index (Phi) is 4.96. The fourth-order valence-electron chi connectivity index (χ4n) is 5.01. The molecule has 34 heavy (non-hydrogen) atoms. The normalized spacial score (nSPS) is 11.2. The number of aryl methyl sites for hydroxylation is 1. The summed E-state index contributed by atoms with van der Waals surface area (Å²) in [5.41, 5.74) is 11.1. The molecule has 1 heteroatoms. The van der Waals surface area contributed by atoms with E-state index in [1.807, 2.05) is 6.20 Å².